The first-order chi connectivity index (χ1) is 12.4. The number of hydrogen-bond acceptors (Lipinski definition) is 4. The summed E-state index contributed by atoms with van der Waals surface area (Å²) in [5.41, 5.74) is 0.782. The molecule has 0 fully saturated rings. The van der Waals surface area contributed by atoms with Gasteiger partial charge in [-0.3, -0.25) is 0 Å². The highest BCUT2D eigenvalue weighted by molar-refractivity contribution is 9.10. The van der Waals surface area contributed by atoms with Crippen LogP contribution in [0.15, 0.2) is 51.4 Å². The summed E-state index contributed by atoms with van der Waals surface area (Å²) < 4.78 is 0.905. The predicted octanol–water partition coefficient (Wildman–Crippen LogP) is 7.56. The third-order valence-corrected chi connectivity index (χ3v) is 6.37. The minimum Gasteiger partial charge on any atom is -0.221 e. The van der Waals surface area contributed by atoms with Gasteiger partial charge in [0.1, 0.15) is 17.7 Å². The van der Waals surface area contributed by atoms with E-state index in [0.717, 1.165) is 10.0 Å². The van der Waals surface area contributed by atoms with Gasteiger partial charge < -0.3 is 0 Å². The molecule has 0 radical (unpaired) electrons. The van der Waals surface area contributed by atoms with E-state index < -0.39 is 0 Å². The standard InChI is InChI=1S/C17H6BrCl4N3S/c18-11-4-2-10(3-5-11)12(6-1-9(7-23)8-24)26-15-13(19)16(21)25-17(22)14(15)20/h1-6H. The molecule has 9 heteroatoms. The summed E-state index contributed by atoms with van der Waals surface area (Å²) >= 11 is 29.0. The van der Waals surface area contributed by atoms with Crippen LogP contribution in [0.3, 0.4) is 0 Å². The number of thioether (sulfide) groups is 1. The second-order valence-corrected chi connectivity index (χ2v) is 8.03. The van der Waals surface area contributed by atoms with Gasteiger partial charge in [-0.05, 0) is 29.8 Å². The summed E-state index contributed by atoms with van der Waals surface area (Å²) in [5.74, 6) is 0. The number of benzene rings is 1. The zero-order valence-electron chi connectivity index (χ0n) is 12.6. The van der Waals surface area contributed by atoms with Gasteiger partial charge in [-0.15, -0.1) is 0 Å². The highest BCUT2D eigenvalue weighted by atomic mass is 79.9. The summed E-state index contributed by atoms with van der Waals surface area (Å²) in [7, 11) is 0. The quantitative estimate of drug-likeness (QED) is 0.186. The van der Waals surface area contributed by atoms with Crippen LogP contribution in [0.5, 0.6) is 0 Å². The topological polar surface area (TPSA) is 60.5 Å². The van der Waals surface area contributed by atoms with E-state index in [9.17, 15) is 0 Å². The normalized spacial score (nSPS) is 10.8. The van der Waals surface area contributed by atoms with E-state index in [4.69, 9.17) is 56.9 Å². The van der Waals surface area contributed by atoms with E-state index in [1.165, 1.54) is 17.8 Å². The molecule has 2 rings (SSSR count). The summed E-state index contributed by atoms with van der Waals surface area (Å²) in [6.07, 6.45) is 3.04. The SMILES string of the molecule is N#CC(C#N)=CC=C(Sc1c(Cl)c(Cl)nc(Cl)c1Cl)c1ccc(Br)cc1. The van der Waals surface area contributed by atoms with Crippen LogP contribution in [0.25, 0.3) is 4.91 Å². The van der Waals surface area contributed by atoms with Crippen molar-refractivity contribution in [3.63, 3.8) is 0 Å². The van der Waals surface area contributed by atoms with Crippen LogP contribution < -0.4 is 0 Å². The lowest BCUT2D eigenvalue weighted by atomic mass is 10.2. The molecular weight excluding hydrogens is 500 g/mol. The first-order valence-corrected chi connectivity index (χ1v) is 9.85. The molecule has 0 bridgehead atoms. The largest absolute Gasteiger partial charge is 0.221 e. The fraction of sp³-hybridized carbons (Fsp3) is 0. The highest BCUT2D eigenvalue weighted by Gasteiger charge is 2.18. The van der Waals surface area contributed by atoms with Crippen molar-refractivity contribution in [3.8, 4) is 12.1 Å². The van der Waals surface area contributed by atoms with Crippen molar-refractivity contribution in [1.29, 1.82) is 10.5 Å². The lowest BCUT2D eigenvalue weighted by molar-refractivity contribution is 1.26. The number of pyridine rings is 1. The molecule has 0 aliphatic rings. The average Bonchev–Trinajstić information content (AvgIpc) is 2.63. The Morgan fingerprint density at radius 2 is 1.50 bits per heavy atom. The zero-order valence-corrected chi connectivity index (χ0v) is 18.0. The van der Waals surface area contributed by atoms with Crippen molar-refractivity contribution >= 4 is 79.0 Å². The van der Waals surface area contributed by atoms with E-state index in [1.54, 1.807) is 18.2 Å². The van der Waals surface area contributed by atoms with Crippen LogP contribution in [0, 0.1) is 22.7 Å². The number of rotatable bonds is 4. The van der Waals surface area contributed by atoms with Crippen molar-refractivity contribution in [2.75, 3.05) is 0 Å². The fourth-order valence-electron chi connectivity index (χ4n) is 1.73. The van der Waals surface area contributed by atoms with Crippen molar-refractivity contribution in [1.82, 2.24) is 4.98 Å². The molecule has 0 saturated heterocycles. The maximum atomic E-state index is 8.93. The summed E-state index contributed by atoms with van der Waals surface area (Å²) in [6.45, 7) is 0. The lowest BCUT2D eigenvalue weighted by Crippen LogP contribution is -1.88. The van der Waals surface area contributed by atoms with E-state index in [0.29, 0.717) is 9.80 Å². The molecule has 0 unspecified atom stereocenters. The monoisotopic (exact) mass is 503 g/mol. The van der Waals surface area contributed by atoms with Crippen LogP contribution >= 0.6 is 74.1 Å². The molecule has 1 aromatic heterocycles. The molecule has 0 spiro atoms. The minimum atomic E-state index is -0.0387. The van der Waals surface area contributed by atoms with Gasteiger partial charge in [0.2, 0.25) is 0 Å². The van der Waals surface area contributed by atoms with Crippen LogP contribution in [-0.2, 0) is 0 Å². The Morgan fingerprint density at radius 3 is 2.00 bits per heavy atom. The van der Waals surface area contributed by atoms with E-state index in [-0.39, 0.29) is 25.9 Å². The van der Waals surface area contributed by atoms with Gasteiger partial charge in [0.15, 0.2) is 10.3 Å². The number of nitrogens with zero attached hydrogens (tertiary/aromatic N) is 3. The Labute approximate surface area is 183 Å². The minimum absolute atomic E-state index is 0.0315. The van der Waals surface area contributed by atoms with Crippen molar-refractivity contribution in [2.24, 2.45) is 0 Å². The maximum absolute atomic E-state index is 8.93. The third kappa shape index (κ3) is 5.18. The van der Waals surface area contributed by atoms with E-state index in [1.807, 2.05) is 24.3 Å². The molecule has 130 valence electrons. The molecule has 1 aromatic carbocycles. The Kier molecular flexibility index (Phi) is 7.85. The molecule has 0 saturated carbocycles. The highest BCUT2D eigenvalue weighted by Crippen LogP contribution is 2.46. The summed E-state index contributed by atoms with van der Waals surface area (Å²) in [4.78, 5) is 4.97. The Balaban J connectivity index is 2.58. The Hall–Kier alpha value is -1.18. The lowest BCUT2D eigenvalue weighted by Gasteiger charge is -2.12. The molecule has 2 aromatic rings. The van der Waals surface area contributed by atoms with Crippen LogP contribution in [0.4, 0.5) is 0 Å². The van der Waals surface area contributed by atoms with Crippen LogP contribution in [0.1, 0.15) is 5.56 Å². The first kappa shape index (κ1) is 21.1. The maximum Gasteiger partial charge on any atom is 0.150 e. The van der Waals surface area contributed by atoms with E-state index in [2.05, 4.69) is 20.9 Å². The molecule has 0 aliphatic heterocycles. The van der Waals surface area contributed by atoms with Gasteiger partial charge in [-0.2, -0.15) is 10.5 Å². The van der Waals surface area contributed by atoms with Crippen molar-refractivity contribution in [2.45, 2.75) is 4.90 Å². The fourth-order valence-corrected chi connectivity index (χ4v) is 4.04. The summed E-state index contributed by atoms with van der Waals surface area (Å²) in [5, 5.41) is 18.3. The van der Waals surface area contributed by atoms with Gasteiger partial charge in [-0.25, -0.2) is 4.98 Å². The molecule has 0 amide bonds. The van der Waals surface area contributed by atoms with Gasteiger partial charge in [-0.1, -0.05) is 86.2 Å². The van der Waals surface area contributed by atoms with Crippen molar-refractivity contribution in [3.05, 3.63) is 72.4 Å². The molecule has 26 heavy (non-hydrogen) atoms. The number of halogens is 5. The van der Waals surface area contributed by atoms with Crippen LogP contribution in [0.2, 0.25) is 20.4 Å². The van der Waals surface area contributed by atoms with Gasteiger partial charge in [0.25, 0.3) is 0 Å². The van der Waals surface area contributed by atoms with Crippen molar-refractivity contribution < 1.29 is 0 Å². The zero-order chi connectivity index (χ0) is 19.3. The smallest absolute Gasteiger partial charge is 0.150 e. The van der Waals surface area contributed by atoms with Gasteiger partial charge in [0, 0.05) is 9.38 Å². The van der Waals surface area contributed by atoms with Gasteiger partial charge in [0.05, 0.1) is 14.9 Å². The first-order valence-electron chi connectivity index (χ1n) is 6.73. The molecule has 1 heterocycles. The number of nitriles is 2. The number of allylic oxidation sites excluding steroid dienone is 3. The second kappa shape index (κ2) is 9.67. The van der Waals surface area contributed by atoms with Gasteiger partial charge >= 0.3 is 0 Å². The average molecular weight is 506 g/mol. The van der Waals surface area contributed by atoms with E-state index >= 15 is 0 Å². The predicted molar refractivity (Wildman–Crippen MR) is 112 cm³/mol. The third-order valence-electron chi connectivity index (χ3n) is 2.94. The molecule has 0 N–H and O–H groups in total. The summed E-state index contributed by atoms with van der Waals surface area (Å²) in [6, 6.07) is 11.1. The molecule has 0 atom stereocenters. The van der Waals surface area contributed by atoms with Crippen LogP contribution in [-0.4, -0.2) is 4.98 Å². The molecular formula is C17H6BrCl4N3S. The Bertz CT molecular complexity index is 947. The Morgan fingerprint density at radius 1 is 0.962 bits per heavy atom. The molecule has 3 nitrogen and oxygen atoms in total. The number of hydrogen-bond donors (Lipinski definition) is 0. The number of aromatic nitrogens is 1. The molecule has 0 aliphatic carbocycles. The second-order valence-electron chi connectivity index (χ2n) is 4.59.